The Hall–Kier alpha value is -2.15. The van der Waals surface area contributed by atoms with Gasteiger partial charge in [0, 0.05) is 18.6 Å². The molecular weight excluding hydrogens is 240 g/mol. The monoisotopic (exact) mass is 250 g/mol. The van der Waals surface area contributed by atoms with Gasteiger partial charge in [-0.25, -0.2) is 4.98 Å². The van der Waals surface area contributed by atoms with E-state index in [2.05, 4.69) is 10.3 Å². The summed E-state index contributed by atoms with van der Waals surface area (Å²) in [5, 5.41) is 4.46. The number of hydrogen-bond acceptors (Lipinski definition) is 4. The Morgan fingerprint density at radius 1 is 1.53 bits per heavy atom. The molecule has 0 atom stereocenters. The van der Waals surface area contributed by atoms with Gasteiger partial charge in [0.1, 0.15) is 11.4 Å². The zero-order valence-corrected chi connectivity index (χ0v) is 9.82. The van der Waals surface area contributed by atoms with Crippen molar-refractivity contribution in [1.29, 1.82) is 0 Å². The molecule has 6 nitrogen and oxygen atoms in total. The third kappa shape index (κ3) is 2.34. The molecule has 0 bridgehead atoms. The molecule has 2 amide bonds. The molecule has 0 aliphatic rings. The maximum absolute atomic E-state index is 11.8. The Morgan fingerprint density at radius 2 is 2.29 bits per heavy atom. The summed E-state index contributed by atoms with van der Waals surface area (Å²) >= 11 is 1.16. The highest BCUT2D eigenvalue weighted by Gasteiger charge is 2.12. The Labute approximate surface area is 101 Å². The predicted molar refractivity (Wildman–Crippen MR) is 64.0 cm³/mol. The van der Waals surface area contributed by atoms with Gasteiger partial charge in [-0.1, -0.05) is 0 Å². The lowest BCUT2D eigenvalue weighted by atomic mass is 10.4. The van der Waals surface area contributed by atoms with Crippen LogP contribution in [-0.2, 0) is 7.05 Å². The molecule has 2 aromatic rings. The number of thiazole rings is 1. The Kier molecular flexibility index (Phi) is 2.92. The number of aromatic nitrogens is 2. The van der Waals surface area contributed by atoms with Gasteiger partial charge in [-0.2, -0.15) is 0 Å². The number of hydrogen-bond donors (Lipinski definition) is 2. The van der Waals surface area contributed by atoms with E-state index in [0.717, 1.165) is 11.3 Å². The second-order valence-corrected chi connectivity index (χ2v) is 4.22. The van der Waals surface area contributed by atoms with Crippen LogP contribution in [0.15, 0.2) is 23.7 Å². The number of amides is 2. The van der Waals surface area contributed by atoms with Crippen LogP contribution in [0.3, 0.4) is 0 Å². The number of primary amides is 1. The van der Waals surface area contributed by atoms with Crippen LogP contribution in [-0.4, -0.2) is 21.4 Å². The van der Waals surface area contributed by atoms with Crippen LogP contribution in [0.4, 0.5) is 5.13 Å². The molecule has 2 rings (SSSR count). The normalized spacial score (nSPS) is 10.2. The third-order valence-corrected chi connectivity index (χ3v) is 2.91. The average molecular weight is 250 g/mol. The first-order valence-electron chi connectivity index (χ1n) is 4.76. The fourth-order valence-corrected chi connectivity index (χ4v) is 2.00. The summed E-state index contributed by atoms with van der Waals surface area (Å²) < 4.78 is 1.69. The zero-order chi connectivity index (χ0) is 12.4. The summed E-state index contributed by atoms with van der Waals surface area (Å²) in [6, 6.07) is 3.46. The van der Waals surface area contributed by atoms with Crippen molar-refractivity contribution < 1.29 is 9.59 Å². The maximum atomic E-state index is 11.8. The highest BCUT2D eigenvalue weighted by atomic mass is 32.1. The van der Waals surface area contributed by atoms with Gasteiger partial charge >= 0.3 is 0 Å². The molecule has 7 heteroatoms. The first kappa shape index (κ1) is 11.3. The van der Waals surface area contributed by atoms with Crippen LogP contribution in [0.1, 0.15) is 21.0 Å². The number of carbonyl (C=O) groups excluding carboxylic acids is 2. The molecule has 17 heavy (non-hydrogen) atoms. The number of nitrogens with two attached hydrogens (primary N) is 1. The van der Waals surface area contributed by atoms with Crippen LogP contribution in [0.5, 0.6) is 0 Å². The Balaban J connectivity index is 2.13. The standard InChI is InChI=1S/C10H10N4O2S/c1-14-4-2-3-7(14)9(16)13-10-12-6(5-17-10)8(11)15/h2-5H,1H3,(H2,11,15)(H,12,13,16). The van der Waals surface area contributed by atoms with Gasteiger partial charge in [-0.05, 0) is 12.1 Å². The number of anilines is 1. The lowest BCUT2D eigenvalue weighted by Gasteiger charge is -2.02. The fourth-order valence-electron chi connectivity index (χ4n) is 1.30. The lowest BCUT2D eigenvalue weighted by molar-refractivity contribution is 0.0991. The minimum absolute atomic E-state index is 0.150. The average Bonchev–Trinajstić information content (AvgIpc) is 2.86. The van der Waals surface area contributed by atoms with Crippen molar-refractivity contribution in [1.82, 2.24) is 9.55 Å². The van der Waals surface area contributed by atoms with E-state index in [0.29, 0.717) is 10.8 Å². The molecule has 3 N–H and O–H groups in total. The van der Waals surface area contributed by atoms with E-state index in [1.807, 2.05) is 0 Å². The highest BCUT2D eigenvalue weighted by Crippen LogP contribution is 2.16. The Morgan fingerprint density at radius 3 is 2.82 bits per heavy atom. The van der Waals surface area contributed by atoms with Gasteiger partial charge in [0.25, 0.3) is 11.8 Å². The minimum atomic E-state index is -0.611. The van der Waals surface area contributed by atoms with E-state index in [4.69, 9.17) is 5.73 Å². The second-order valence-electron chi connectivity index (χ2n) is 3.36. The quantitative estimate of drug-likeness (QED) is 0.845. The summed E-state index contributed by atoms with van der Waals surface area (Å²) in [7, 11) is 1.77. The predicted octanol–water partition coefficient (Wildman–Crippen LogP) is 0.833. The van der Waals surface area contributed by atoms with Crippen LogP contribution >= 0.6 is 11.3 Å². The van der Waals surface area contributed by atoms with Crippen molar-refractivity contribution >= 4 is 28.3 Å². The SMILES string of the molecule is Cn1cccc1C(=O)Nc1nc(C(N)=O)cs1. The third-order valence-electron chi connectivity index (χ3n) is 2.15. The molecular formula is C10H10N4O2S. The van der Waals surface area contributed by atoms with Crippen molar-refractivity contribution in [3.05, 3.63) is 35.1 Å². The zero-order valence-electron chi connectivity index (χ0n) is 9.01. The molecule has 2 aromatic heterocycles. The van der Waals surface area contributed by atoms with Gasteiger partial charge in [-0.15, -0.1) is 11.3 Å². The van der Waals surface area contributed by atoms with Crippen molar-refractivity contribution in [3.63, 3.8) is 0 Å². The topological polar surface area (TPSA) is 90.0 Å². The summed E-state index contributed by atoms with van der Waals surface area (Å²) in [4.78, 5) is 26.5. The Bertz CT molecular complexity index is 572. The van der Waals surface area contributed by atoms with E-state index < -0.39 is 5.91 Å². The first-order chi connectivity index (χ1) is 8.08. The van der Waals surface area contributed by atoms with E-state index in [9.17, 15) is 9.59 Å². The van der Waals surface area contributed by atoms with Gasteiger partial charge in [0.05, 0.1) is 0 Å². The number of rotatable bonds is 3. The molecule has 0 unspecified atom stereocenters. The minimum Gasteiger partial charge on any atom is -0.364 e. The molecule has 2 heterocycles. The fraction of sp³-hybridized carbons (Fsp3) is 0.100. The number of carbonyl (C=O) groups is 2. The number of aryl methyl sites for hydroxylation is 1. The van der Waals surface area contributed by atoms with E-state index >= 15 is 0 Å². The van der Waals surface area contributed by atoms with Crippen molar-refractivity contribution in [2.24, 2.45) is 12.8 Å². The van der Waals surface area contributed by atoms with Crippen molar-refractivity contribution in [2.45, 2.75) is 0 Å². The van der Waals surface area contributed by atoms with E-state index in [1.54, 1.807) is 29.9 Å². The maximum Gasteiger partial charge on any atom is 0.274 e. The molecule has 0 radical (unpaired) electrons. The molecule has 0 spiro atoms. The van der Waals surface area contributed by atoms with Gasteiger partial charge in [0.2, 0.25) is 0 Å². The van der Waals surface area contributed by atoms with E-state index in [1.165, 1.54) is 5.38 Å². The van der Waals surface area contributed by atoms with Crippen LogP contribution in [0.25, 0.3) is 0 Å². The van der Waals surface area contributed by atoms with E-state index in [-0.39, 0.29) is 11.6 Å². The summed E-state index contributed by atoms with van der Waals surface area (Å²) in [5.74, 6) is -0.886. The highest BCUT2D eigenvalue weighted by molar-refractivity contribution is 7.14. The molecule has 0 saturated carbocycles. The molecule has 88 valence electrons. The van der Waals surface area contributed by atoms with Gasteiger partial charge in [-0.3, -0.25) is 14.9 Å². The smallest absolute Gasteiger partial charge is 0.274 e. The summed E-state index contributed by atoms with van der Waals surface area (Å²) in [6.45, 7) is 0. The second kappa shape index (κ2) is 4.38. The largest absolute Gasteiger partial charge is 0.364 e. The molecule has 0 saturated heterocycles. The number of nitrogens with one attached hydrogen (secondary N) is 1. The lowest BCUT2D eigenvalue weighted by Crippen LogP contribution is -2.16. The summed E-state index contributed by atoms with van der Waals surface area (Å²) in [5.41, 5.74) is 5.73. The van der Waals surface area contributed by atoms with Crippen LogP contribution in [0.2, 0.25) is 0 Å². The van der Waals surface area contributed by atoms with Gasteiger partial charge < -0.3 is 10.3 Å². The van der Waals surface area contributed by atoms with Crippen LogP contribution < -0.4 is 11.1 Å². The molecule has 0 aromatic carbocycles. The molecule has 0 fully saturated rings. The van der Waals surface area contributed by atoms with Crippen LogP contribution in [0, 0.1) is 0 Å². The van der Waals surface area contributed by atoms with Crippen molar-refractivity contribution in [3.8, 4) is 0 Å². The molecule has 0 aliphatic carbocycles. The van der Waals surface area contributed by atoms with Gasteiger partial charge in [0.15, 0.2) is 5.13 Å². The summed E-state index contributed by atoms with van der Waals surface area (Å²) in [6.07, 6.45) is 1.77. The van der Waals surface area contributed by atoms with Crippen molar-refractivity contribution in [2.75, 3.05) is 5.32 Å². The number of nitrogens with zero attached hydrogens (tertiary/aromatic N) is 2. The molecule has 0 aliphatic heterocycles. The first-order valence-corrected chi connectivity index (χ1v) is 5.64.